The van der Waals surface area contributed by atoms with Gasteiger partial charge in [0, 0.05) is 34.3 Å². The first-order chi connectivity index (χ1) is 16.1. The van der Waals surface area contributed by atoms with Gasteiger partial charge in [0.2, 0.25) is 0 Å². The Kier molecular flexibility index (Phi) is 6.13. The third-order valence-corrected chi connectivity index (χ3v) is 6.59. The second kappa shape index (κ2) is 9.35. The lowest BCUT2D eigenvalue weighted by molar-refractivity contribution is 0.102. The normalized spacial score (nSPS) is 11.0. The second-order valence-electron chi connectivity index (χ2n) is 7.25. The van der Waals surface area contributed by atoms with Crippen molar-refractivity contribution in [1.29, 1.82) is 0 Å². The number of aromatic nitrogens is 3. The largest absolute Gasteiger partial charge is 0.366 e. The minimum Gasteiger partial charge on any atom is -0.366 e. The average Bonchev–Trinajstić information content (AvgIpc) is 3.49. The molecule has 0 unspecified atom stereocenters. The molecule has 0 saturated carbocycles. The van der Waals surface area contributed by atoms with E-state index in [0.717, 1.165) is 32.8 Å². The van der Waals surface area contributed by atoms with Gasteiger partial charge in [0.15, 0.2) is 5.65 Å². The van der Waals surface area contributed by atoms with E-state index in [-0.39, 0.29) is 5.91 Å². The predicted octanol–water partition coefficient (Wildman–Crippen LogP) is 6.74. The summed E-state index contributed by atoms with van der Waals surface area (Å²) in [4.78, 5) is 17.1. The smallest absolute Gasteiger partial charge is 0.256 e. The van der Waals surface area contributed by atoms with E-state index in [4.69, 9.17) is 16.6 Å². The number of fused-ring (bicyclic) bond motifs is 1. The monoisotopic (exact) mass is 537 g/mol. The van der Waals surface area contributed by atoms with Crippen LogP contribution in [0.1, 0.15) is 15.9 Å². The summed E-state index contributed by atoms with van der Waals surface area (Å²) in [5.41, 5.74) is 4.67. The molecule has 0 bridgehead atoms. The van der Waals surface area contributed by atoms with Gasteiger partial charge >= 0.3 is 0 Å². The van der Waals surface area contributed by atoms with Crippen LogP contribution in [-0.2, 0) is 6.54 Å². The highest BCUT2D eigenvalue weighted by molar-refractivity contribution is 9.10. The van der Waals surface area contributed by atoms with Crippen LogP contribution in [0.4, 0.5) is 11.5 Å². The van der Waals surface area contributed by atoms with E-state index in [2.05, 4.69) is 31.7 Å². The molecule has 3 aromatic heterocycles. The molecule has 33 heavy (non-hydrogen) atoms. The number of carbonyl (C=O) groups is 1. The third-order valence-electron chi connectivity index (χ3n) is 5.02. The van der Waals surface area contributed by atoms with Crippen LogP contribution in [0, 0.1) is 0 Å². The van der Waals surface area contributed by atoms with Crippen molar-refractivity contribution in [3.8, 4) is 11.3 Å². The fourth-order valence-electron chi connectivity index (χ4n) is 3.42. The summed E-state index contributed by atoms with van der Waals surface area (Å²) in [5.74, 6) is 0.649. The minimum absolute atomic E-state index is 0.122. The fourth-order valence-corrected chi connectivity index (χ4v) is 4.63. The highest BCUT2D eigenvalue weighted by Crippen LogP contribution is 2.30. The van der Waals surface area contributed by atoms with Crippen LogP contribution in [0.25, 0.3) is 16.9 Å². The summed E-state index contributed by atoms with van der Waals surface area (Å²) in [6.45, 7) is 0.528. The van der Waals surface area contributed by atoms with E-state index in [1.54, 1.807) is 16.8 Å². The highest BCUT2D eigenvalue weighted by Gasteiger charge is 2.13. The molecule has 0 atom stereocenters. The standard InChI is InChI=1S/C24H17BrClN5OS/c25-19-13-28-31-22(11-21(30-23(19)31)18-6-1-2-7-20(18)26)27-12-15-4-3-5-17(10-15)29-24(32)16-8-9-33-14-16/h1-11,13-14,27H,12H2,(H,29,32). The highest BCUT2D eigenvalue weighted by atomic mass is 79.9. The number of halogens is 2. The van der Waals surface area contributed by atoms with Crippen molar-refractivity contribution in [1.82, 2.24) is 14.6 Å². The second-order valence-corrected chi connectivity index (χ2v) is 9.30. The molecular weight excluding hydrogens is 522 g/mol. The van der Waals surface area contributed by atoms with E-state index < -0.39 is 0 Å². The van der Waals surface area contributed by atoms with Crippen LogP contribution in [0.5, 0.6) is 0 Å². The number of carbonyl (C=O) groups excluding carboxylic acids is 1. The summed E-state index contributed by atoms with van der Waals surface area (Å²) < 4.78 is 2.53. The van der Waals surface area contributed by atoms with Gasteiger partial charge in [-0.25, -0.2) is 4.98 Å². The Morgan fingerprint density at radius 2 is 2.00 bits per heavy atom. The van der Waals surface area contributed by atoms with Crippen LogP contribution >= 0.6 is 38.9 Å². The number of hydrogen-bond donors (Lipinski definition) is 2. The van der Waals surface area contributed by atoms with Crippen LogP contribution < -0.4 is 10.6 Å². The Morgan fingerprint density at radius 3 is 2.82 bits per heavy atom. The SMILES string of the molecule is O=C(Nc1cccc(CNc2cc(-c3ccccc3Cl)nc3c(Br)cnn23)c1)c1ccsc1. The molecule has 6 nitrogen and oxygen atoms in total. The first-order valence-corrected chi connectivity index (χ1v) is 12.2. The lowest BCUT2D eigenvalue weighted by Gasteiger charge is -2.12. The summed E-state index contributed by atoms with van der Waals surface area (Å²) >= 11 is 11.4. The van der Waals surface area contributed by atoms with E-state index in [0.29, 0.717) is 22.8 Å². The average molecular weight is 539 g/mol. The van der Waals surface area contributed by atoms with Crippen LogP contribution in [0.15, 0.2) is 82.1 Å². The molecule has 5 rings (SSSR count). The number of nitrogens with zero attached hydrogens (tertiary/aromatic N) is 3. The number of hydrogen-bond acceptors (Lipinski definition) is 5. The third kappa shape index (κ3) is 4.64. The maximum atomic E-state index is 12.4. The Hall–Kier alpha value is -3.20. The molecule has 3 heterocycles. The van der Waals surface area contributed by atoms with Crippen molar-refractivity contribution in [3.05, 3.63) is 98.2 Å². The molecule has 0 radical (unpaired) electrons. The van der Waals surface area contributed by atoms with Gasteiger partial charge in [0.05, 0.1) is 21.9 Å². The first kappa shape index (κ1) is 21.6. The molecule has 9 heteroatoms. The van der Waals surface area contributed by atoms with Gasteiger partial charge in [-0.3, -0.25) is 4.79 Å². The lowest BCUT2D eigenvalue weighted by Crippen LogP contribution is -2.11. The molecule has 1 amide bonds. The molecule has 2 N–H and O–H groups in total. The molecule has 0 saturated heterocycles. The van der Waals surface area contributed by atoms with Crippen molar-refractivity contribution in [2.75, 3.05) is 10.6 Å². The van der Waals surface area contributed by atoms with Crippen molar-refractivity contribution < 1.29 is 4.79 Å². The lowest BCUT2D eigenvalue weighted by atomic mass is 10.1. The van der Waals surface area contributed by atoms with Gasteiger partial charge in [-0.05, 0) is 51.1 Å². The van der Waals surface area contributed by atoms with Crippen LogP contribution in [0.3, 0.4) is 0 Å². The van der Waals surface area contributed by atoms with E-state index >= 15 is 0 Å². The topological polar surface area (TPSA) is 71.3 Å². The summed E-state index contributed by atoms with van der Waals surface area (Å²) in [7, 11) is 0. The Bertz CT molecular complexity index is 1450. The quantitative estimate of drug-likeness (QED) is 0.251. The molecule has 0 fully saturated rings. The maximum absolute atomic E-state index is 12.4. The zero-order valence-electron chi connectivity index (χ0n) is 17.1. The number of thiophene rings is 1. The van der Waals surface area contributed by atoms with Crippen LogP contribution in [-0.4, -0.2) is 20.5 Å². The Labute approximate surface area is 207 Å². The van der Waals surface area contributed by atoms with E-state index in [9.17, 15) is 4.79 Å². The first-order valence-electron chi connectivity index (χ1n) is 10.0. The van der Waals surface area contributed by atoms with Gasteiger partial charge in [0.25, 0.3) is 5.91 Å². The van der Waals surface area contributed by atoms with Gasteiger partial charge in [0.1, 0.15) is 5.82 Å². The van der Waals surface area contributed by atoms with Gasteiger partial charge in [-0.15, -0.1) is 0 Å². The molecule has 2 aromatic carbocycles. The van der Waals surface area contributed by atoms with Gasteiger partial charge in [-0.2, -0.15) is 21.0 Å². The molecule has 0 aliphatic rings. The van der Waals surface area contributed by atoms with Crippen molar-refractivity contribution >= 4 is 61.9 Å². The summed E-state index contributed by atoms with van der Waals surface area (Å²) in [5, 5.41) is 15.2. The molecule has 164 valence electrons. The van der Waals surface area contributed by atoms with Gasteiger partial charge < -0.3 is 10.6 Å². The van der Waals surface area contributed by atoms with E-state index in [1.165, 1.54) is 11.3 Å². The van der Waals surface area contributed by atoms with Crippen LogP contribution in [0.2, 0.25) is 5.02 Å². The van der Waals surface area contributed by atoms with Crippen molar-refractivity contribution in [2.24, 2.45) is 0 Å². The number of amides is 1. The zero-order valence-corrected chi connectivity index (χ0v) is 20.3. The minimum atomic E-state index is -0.122. The molecule has 0 spiro atoms. The number of anilines is 2. The molecule has 0 aliphatic carbocycles. The summed E-state index contributed by atoms with van der Waals surface area (Å²) in [6, 6.07) is 19.1. The fraction of sp³-hybridized carbons (Fsp3) is 0.0417. The Balaban J connectivity index is 1.41. The van der Waals surface area contributed by atoms with Gasteiger partial charge in [-0.1, -0.05) is 41.9 Å². The predicted molar refractivity (Wildman–Crippen MR) is 137 cm³/mol. The number of rotatable bonds is 6. The molecule has 0 aliphatic heterocycles. The number of benzene rings is 2. The number of nitrogens with one attached hydrogen (secondary N) is 2. The zero-order chi connectivity index (χ0) is 22.8. The Morgan fingerprint density at radius 1 is 1.12 bits per heavy atom. The van der Waals surface area contributed by atoms with Crippen molar-refractivity contribution in [2.45, 2.75) is 6.54 Å². The summed E-state index contributed by atoms with van der Waals surface area (Å²) in [6.07, 6.45) is 1.71. The van der Waals surface area contributed by atoms with E-state index in [1.807, 2.05) is 65.4 Å². The molecule has 5 aromatic rings. The molecular formula is C24H17BrClN5OS. The maximum Gasteiger partial charge on any atom is 0.256 e. The van der Waals surface area contributed by atoms with Crippen molar-refractivity contribution in [3.63, 3.8) is 0 Å².